The molecule has 9 heteroatoms. The second-order valence-electron chi connectivity index (χ2n) is 3.90. The second-order valence-corrected chi connectivity index (χ2v) is 4.76. The Bertz CT molecular complexity index is 502. The molecule has 0 bridgehead atoms. The largest absolute Gasteiger partial charge is 0.480 e. The fourth-order valence-corrected chi connectivity index (χ4v) is 2.01. The van der Waals surface area contributed by atoms with Crippen molar-refractivity contribution in [2.75, 3.05) is 12.4 Å². The summed E-state index contributed by atoms with van der Waals surface area (Å²) in [5.41, 5.74) is 0.755. The molecule has 0 radical (unpaired) electrons. The zero-order valence-corrected chi connectivity index (χ0v) is 11.8. The lowest BCUT2D eigenvalue weighted by Crippen LogP contribution is -2.43. The molecule has 20 heavy (non-hydrogen) atoms. The number of thiazole rings is 1. The average Bonchev–Trinajstić information content (AvgIpc) is 2.78. The fraction of sp³-hybridized carbons (Fsp3) is 0.455. The summed E-state index contributed by atoms with van der Waals surface area (Å²) < 4.78 is 4.42. The van der Waals surface area contributed by atoms with Crippen LogP contribution in [-0.4, -0.2) is 41.2 Å². The van der Waals surface area contributed by atoms with E-state index in [-0.39, 0.29) is 12.8 Å². The summed E-state index contributed by atoms with van der Waals surface area (Å²) in [4.78, 5) is 37.6. The van der Waals surface area contributed by atoms with Crippen molar-refractivity contribution >= 4 is 34.4 Å². The molecule has 0 aromatic carbocycles. The summed E-state index contributed by atoms with van der Waals surface area (Å²) in [6.45, 7) is 1.77. The Morgan fingerprint density at radius 3 is 2.70 bits per heavy atom. The van der Waals surface area contributed by atoms with Gasteiger partial charge in [-0.1, -0.05) is 0 Å². The zero-order valence-electron chi connectivity index (χ0n) is 11.0. The van der Waals surface area contributed by atoms with Crippen LogP contribution in [0.2, 0.25) is 0 Å². The van der Waals surface area contributed by atoms with Gasteiger partial charge in [0.05, 0.1) is 12.8 Å². The van der Waals surface area contributed by atoms with Crippen LogP contribution in [0.4, 0.5) is 9.93 Å². The molecule has 0 aliphatic rings. The highest BCUT2D eigenvalue weighted by Gasteiger charge is 2.21. The van der Waals surface area contributed by atoms with E-state index in [0.717, 1.165) is 5.69 Å². The second kappa shape index (κ2) is 7.43. The van der Waals surface area contributed by atoms with Crippen molar-refractivity contribution in [2.45, 2.75) is 25.8 Å². The van der Waals surface area contributed by atoms with Crippen LogP contribution in [0, 0.1) is 6.92 Å². The average molecular weight is 301 g/mol. The van der Waals surface area contributed by atoms with Crippen molar-refractivity contribution < 1.29 is 24.2 Å². The fourth-order valence-electron chi connectivity index (χ4n) is 1.32. The maximum atomic E-state index is 11.6. The molecule has 1 aromatic rings. The molecule has 3 N–H and O–H groups in total. The summed E-state index contributed by atoms with van der Waals surface area (Å²) >= 11 is 1.23. The number of nitrogens with zero attached hydrogens (tertiary/aromatic N) is 1. The highest BCUT2D eigenvalue weighted by molar-refractivity contribution is 7.13. The van der Waals surface area contributed by atoms with Gasteiger partial charge in [-0.15, -0.1) is 11.3 Å². The first kappa shape index (κ1) is 15.9. The number of aryl methyl sites for hydroxylation is 1. The Balaban J connectivity index is 2.50. The quantitative estimate of drug-likeness (QED) is 0.674. The van der Waals surface area contributed by atoms with Crippen molar-refractivity contribution in [3.8, 4) is 0 Å². The van der Waals surface area contributed by atoms with E-state index < -0.39 is 24.0 Å². The standard InChI is InChI=1S/C11H15N3O5S/c1-6-5-20-11(12-6)14-10(18)13-7(9(16)17)3-4-8(15)19-2/h5,7H,3-4H2,1-2H3,(H,16,17)(H2,12,13,14,18)/t7-/m0/s1. The van der Waals surface area contributed by atoms with Gasteiger partial charge in [-0.25, -0.2) is 14.6 Å². The lowest BCUT2D eigenvalue weighted by Gasteiger charge is -2.13. The SMILES string of the molecule is COC(=O)CC[C@H](NC(=O)Nc1nc(C)cs1)C(=O)O. The number of carbonyl (C=O) groups is 3. The van der Waals surface area contributed by atoms with Crippen molar-refractivity contribution in [3.63, 3.8) is 0 Å². The molecule has 1 rings (SSSR count). The highest BCUT2D eigenvalue weighted by atomic mass is 32.1. The number of urea groups is 1. The Hall–Kier alpha value is -2.16. The Morgan fingerprint density at radius 2 is 2.20 bits per heavy atom. The van der Waals surface area contributed by atoms with Gasteiger partial charge in [0.1, 0.15) is 6.04 Å². The first-order valence-corrected chi connectivity index (χ1v) is 6.59. The molecule has 8 nitrogen and oxygen atoms in total. The van der Waals surface area contributed by atoms with Crippen LogP contribution in [-0.2, 0) is 14.3 Å². The lowest BCUT2D eigenvalue weighted by atomic mass is 10.1. The van der Waals surface area contributed by atoms with Crippen LogP contribution >= 0.6 is 11.3 Å². The number of aliphatic carboxylic acids is 1. The van der Waals surface area contributed by atoms with Gasteiger partial charge in [-0.05, 0) is 13.3 Å². The summed E-state index contributed by atoms with van der Waals surface area (Å²) in [6, 6.07) is -1.85. The van der Waals surface area contributed by atoms with Crippen LogP contribution in [0.5, 0.6) is 0 Å². The van der Waals surface area contributed by atoms with Crippen LogP contribution < -0.4 is 10.6 Å². The van der Waals surface area contributed by atoms with Crippen LogP contribution in [0.3, 0.4) is 0 Å². The van der Waals surface area contributed by atoms with E-state index in [9.17, 15) is 14.4 Å². The number of carbonyl (C=O) groups excluding carboxylic acids is 2. The normalized spacial score (nSPS) is 11.5. The van der Waals surface area contributed by atoms with E-state index in [4.69, 9.17) is 5.11 Å². The number of carboxylic acids is 1. The third kappa shape index (κ3) is 5.22. The van der Waals surface area contributed by atoms with Crippen molar-refractivity contribution in [1.29, 1.82) is 0 Å². The number of ether oxygens (including phenoxy) is 1. The minimum absolute atomic E-state index is 0.0493. The molecule has 1 aromatic heterocycles. The van der Waals surface area contributed by atoms with Gasteiger partial charge in [0.15, 0.2) is 5.13 Å². The summed E-state index contributed by atoms with van der Waals surface area (Å²) in [6.07, 6.45) is -0.142. The zero-order chi connectivity index (χ0) is 15.1. The molecule has 0 spiro atoms. The summed E-state index contributed by atoms with van der Waals surface area (Å²) in [7, 11) is 1.21. The van der Waals surface area contributed by atoms with Crippen molar-refractivity contribution in [1.82, 2.24) is 10.3 Å². The molecule has 1 heterocycles. The number of amides is 2. The molecular formula is C11H15N3O5S. The van der Waals surface area contributed by atoms with Gasteiger partial charge in [-0.2, -0.15) is 0 Å². The molecule has 1 atom stereocenters. The third-order valence-electron chi connectivity index (χ3n) is 2.31. The highest BCUT2D eigenvalue weighted by Crippen LogP contribution is 2.14. The van der Waals surface area contributed by atoms with E-state index in [1.165, 1.54) is 18.4 Å². The Kier molecular flexibility index (Phi) is 5.91. The predicted octanol–water partition coefficient (Wildman–Crippen LogP) is 0.979. The number of carboxylic acid groups (broad SMARTS) is 1. The molecule has 0 saturated carbocycles. The molecule has 0 saturated heterocycles. The molecule has 0 aliphatic heterocycles. The number of rotatable bonds is 6. The molecular weight excluding hydrogens is 286 g/mol. The first-order valence-electron chi connectivity index (χ1n) is 5.71. The predicted molar refractivity (Wildman–Crippen MR) is 71.7 cm³/mol. The number of esters is 1. The summed E-state index contributed by atoms with van der Waals surface area (Å²) in [5, 5.41) is 15.8. The minimum Gasteiger partial charge on any atom is -0.480 e. The van der Waals surface area contributed by atoms with Crippen LogP contribution in [0.25, 0.3) is 0 Å². The first-order chi connectivity index (χ1) is 9.42. The van der Waals surface area contributed by atoms with Gasteiger partial charge < -0.3 is 15.2 Å². The maximum Gasteiger partial charge on any atom is 0.326 e. The minimum atomic E-state index is -1.22. The van der Waals surface area contributed by atoms with Crippen LogP contribution in [0.1, 0.15) is 18.5 Å². The van der Waals surface area contributed by atoms with E-state index in [1.54, 1.807) is 12.3 Å². The molecule has 0 unspecified atom stereocenters. The Labute approximate surface area is 119 Å². The lowest BCUT2D eigenvalue weighted by molar-refractivity contribution is -0.142. The number of methoxy groups -OCH3 is 1. The number of hydrogen-bond acceptors (Lipinski definition) is 6. The summed E-state index contributed by atoms with van der Waals surface area (Å²) in [5.74, 6) is -1.76. The van der Waals surface area contributed by atoms with E-state index in [1.807, 2.05) is 0 Å². The number of hydrogen-bond donors (Lipinski definition) is 3. The van der Waals surface area contributed by atoms with E-state index in [0.29, 0.717) is 5.13 Å². The number of anilines is 1. The molecule has 2 amide bonds. The maximum absolute atomic E-state index is 11.6. The van der Waals surface area contributed by atoms with E-state index >= 15 is 0 Å². The monoisotopic (exact) mass is 301 g/mol. The topological polar surface area (TPSA) is 118 Å². The molecule has 0 aliphatic carbocycles. The Morgan fingerprint density at radius 1 is 1.50 bits per heavy atom. The van der Waals surface area contributed by atoms with Gasteiger partial charge in [0, 0.05) is 11.8 Å². The van der Waals surface area contributed by atoms with Crippen LogP contribution in [0.15, 0.2) is 5.38 Å². The third-order valence-corrected chi connectivity index (χ3v) is 3.18. The number of aromatic nitrogens is 1. The van der Waals surface area contributed by atoms with Gasteiger partial charge in [0.25, 0.3) is 0 Å². The van der Waals surface area contributed by atoms with Crippen molar-refractivity contribution in [3.05, 3.63) is 11.1 Å². The van der Waals surface area contributed by atoms with Gasteiger partial charge in [0.2, 0.25) is 0 Å². The van der Waals surface area contributed by atoms with Gasteiger partial charge >= 0.3 is 18.0 Å². The smallest absolute Gasteiger partial charge is 0.326 e. The molecule has 0 fully saturated rings. The van der Waals surface area contributed by atoms with E-state index in [2.05, 4.69) is 20.4 Å². The van der Waals surface area contributed by atoms with Crippen molar-refractivity contribution in [2.24, 2.45) is 0 Å². The molecule has 110 valence electrons. The van der Waals surface area contributed by atoms with Gasteiger partial charge in [-0.3, -0.25) is 10.1 Å². The number of nitrogens with one attached hydrogen (secondary N) is 2.